The third kappa shape index (κ3) is 6.37. The summed E-state index contributed by atoms with van der Waals surface area (Å²) in [5, 5.41) is 3.89. The molecule has 2 amide bonds. The van der Waals surface area contributed by atoms with Crippen molar-refractivity contribution in [2.75, 3.05) is 6.54 Å². The molecule has 25 heavy (non-hydrogen) atoms. The number of aryl methyl sites for hydroxylation is 2. The van der Waals surface area contributed by atoms with Crippen LogP contribution in [0.5, 0.6) is 0 Å². The monoisotopic (exact) mass is 344 g/mol. The molecule has 0 atom stereocenters. The highest BCUT2D eigenvalue weighted by atomic mass is 16.5. The number of hydrogen-bond acceptors (Lipinski definition) is 5. The van der Waals surface area contributed by atoms with Gasteiger partial charge in [0, 0.05) is 25.8 Å². The number of benzene rings is 1. The van der Waals surface area contributed by atoms with Crippen molar-refractivity contribution >= 4 is 11.8 Å². The van der Waals surface area contributed by atoms with Crippen LogP contribution in [0.1, 0.15) is 43.5 Å². The Labute approximate surface area is 147 Å². The Bertz CT molecular complexity index is 685. The lowest BCUT2D eigenvalue weighted by Gasteiger charge is -2.21. The predicted octanol–water partition coefficient (Wildman–Crippen LogP) is 1.86. The first-order valence-corrected chi connectivity index (χ1v) is 8.50. The van der Waals surface area contributed by atoms with Crippen molar-refractivity contribution in [3.05, 3.63) is 47.6 Å². The highest BCUT2D eigenvalue weighted by Gasteiger charge is 2.16. The van der Waals surface area contributed by atoms with Crippen molar-refractivity contribution in [1.82, 2.24) is 15.0 Å². The summed E-state index contributed by atoms with van der Waals surface area (Å²) in [4.78, 5) is 29.5. The van der Waals surface area contributed by atoms with Crippen molar-refractivity contribution in [2.24, 2.45) is 5.73 Å². The van der Waals surface area contributed by atoms with Crippen molar-refractivity contribution < 1.29 is 14.1 Å². The number of hydrogen-bond donors (Lipinski definition) is 1. The molecule has 0 spiro atoms. The van der Waals surface area contributed by atoms with Gasteiger partial charge in [0.05, 0.1) is 6.54 Å². The van der Waals surface area contributed by atoms with Gasteiger partial charge in [-0.3, -0.25) is 9.59 Å². The average Bonchev–Trinajstić information content (AvgIpc) is 3.02. The van der Waals surface area contributed by atoms with Gasteiger partial charge in [-0.25, -0.2) is 0 Å². The molecular formula is C18H24N4O3. The number of amides is 2. The number of aromatic nitrogens is 2. The molecule has 134 valence electrons. The molecule has 2 N–H and O–H groups in total. The molecule has 2 rings (SSSR count). The summed E-state index contributed by atoms with van der Waals surface area (Å²) in [6.45, 7) is 2.33. The second-order valence-corrected chi connectivity index (χ2v) is 5.91. The standard InChI is InChI=1S/C18H24N4O3/c1-2-7-16-20-17(25-21-16)10-6-11-18(24)22(13-15(19)23)12-14-8-4-3-5-9-14/h3-5,8-9H,2,6-7,10-13H2,1H3,(H2,19,23). The summed E-state index contributed by atoms with van der Waals surface area (Å²) >= 11 is 0. The van der Waals surface area contributed by atoms with Gasteiger partial charge in [-0.15, -0.1) is 0 Å². The Balaban J connectivity index is 1.86. The lowest BCUT2D eigenvalue weighted by atomic mass is 10.1. The topological polar surface area (TPSA) is 102 Å². The van der Waals surface area contributed by atoms with Crippen LogP contribution in [0.2, 0.25) is 0 Å². The molecule has 7 heteroatoms. The predicted molar refractivity (Wildman–Crippen MR) is 92.3 cm³/mol. The van der Waals surface area contributed by atoms with Crippen LogP contribution in [0.15, 0.2) is 34.9 Å². The SMILES string of the molecule is CCCc1noc(CCCC(=O)N(CC(N)=O)Cc2ccccc2)n1. The number of nitrogens with zero attached hydrogens (tertiary/aromatic N) is 3. The molecule has 0 aliphatic heterocycles. The molecule has 0 bridgehead atoms. The fraction of sp³-hybridized carbons (Fsp3) is 0.444. The van der Waals surface area contributed by atoms with E-state index in [2.05, 4.69) is 17.1 Å². The van der Waals surface area contributed by atoms with E-state index in [-0.39, 0.29) is 12.5 Å². The first-order chi connectivity index (χ1) is 12.1. The van der Waals surface area contributed by atoms with Gasteiger partial charge in [0.2, 0.25) is 17.7 Å². The van der Waals surface area contributed by atoms with Gasteiger partial charge in [-0.1, -0.05) is 42.4 Å². The Morgan fingerprint density at radius 3 is 2.64 bits per heavy atom. The Kier molecular flexibility index (Phi) is 7.13. The van der Waals surface area contributed by atoms with Crippen molar-refractivity contribution in [1.29, 1.82) is 0 Å². The lowest BCUT2D eigenvalue weighted by molar-refractivity contribution is -0.135. The van der Waals surface area contributed by atoms with Gasteiger partial charge in [0.1, 0.15) is 0 Å². The molecular weight excluding hydrogens is 320 g/mol. The minimum absolute atomic E-state index is 0.0884. The van der Waals surface area contributed by atoms with E-state index in [1.54, 1.807) is 0 Å². The fourth-order valence-corrected chi connectivity index (χ4v) is 2.49. The highest BCUT2D eigenvalue weighted by Crippen LogP contribution is 2.09. The van der Waals surface area contributed by atoms with Crippen molar-refractivity contribution in [3.8, 4) is 0 Å². The van der Waals surface area contributed by atoms with Crippen LogP contribution in [-0.4, -0.2) is 33.4 Å². The zero-order valence-corrected chi connectivity index (χ0v) is 14.5. The van der Waals surface area contributed by atoms with E-state index in [0.29, 0.717) is 37.5 Å². The maximum absolute atomic E-state index is 12.4. The highest BCUT2D eigenvalue weighted by molar-refractivity contribution is 5.83. The maximum Gasteiger partial charge on any atom is 0.237 e. The fourth-order valence-electron chi connectivity index (χ4n) is 2.49. The van der Waals surface area contributed by atoms with Crippen LogP contribution in [-0.2, 0) is 29.0 Å². The van der Waals surface area contributed by atoms with Crippen LogP contribution in [0.25, 0.3) is 0 Å². The van der Waals surface area contributed by atoms with E-state index in [4.69, 9.17) is 10.3 Å². The zero-order valence-electron chi connectivity index (χ0n) is 14.5. The van der Waals surface area contributed by atoms with Gasteiger partial charge in [-0.2, -0.15) is 4.98 Å². The van der Waals surface area contributed by atoms with Crippen molar-refractivity contribution in [3.63, 3.8) is 0 Å². The number of carbonyl (C=O) groups is 2. The Morgan fingerprint density at radius 2 is 1.96 bits per heavy atom. The summed E-state index contributed by atoms with van der Waals surface area (Å²) in [5.41, 5.74) is 6.23. The van der Waals surface area contributed by atoms with E-state index in [1.165, 1.54) is 4.90 Å². The smallest absolute Gasteiger partial charge is 0.237 e. The van der Waals surface area contributed by atoms with Gasteiger partial charge < -0.3 is 15.2 Å². The summed E-state index contributed by atoms with van der Waals surface area (Å²) in [6.07, 6.45) is 3.16. The molecule has 0 aliphatic rings. The van der Waals surface area contributed by atoms with Gasteiger partial charge in [-0.05, 0) is 18.4 Å². The number of carbonyl (C=O) groups excluding carboxylic acids is 2. The molecule has 0 unspecified atom stereocenters. The summed E-state index contributed by atoms with van der Waals surface area (Å²) in [7, 11) is 0. The average molecular weight is 344 g/mol. The Hall–Kier alpha value is -2.70. The van der Waals surface area contributed by atoms with Gasteiger partial charge in [0.25, 0.3) is 0 Å². The lowest BCUT2D eigenvalue weighted by Crippen LogP contribution is -2.37. The quantitative estimate of drug-likeness (QED) is 0.709. The van der Waals surface area contributed by atoms with E-state index in [0.717, 1.165) is 18.4 Å². The molecule has 1 aromatic carbocycles. The second kappa shape index (κ2) is 9.56. The molecule has 1 aromatic heterocycles. The second-order valence-electron chi connectivity index (χ2n) is 5.91. The molecule has 1 heterocycles. The minimum atomic E-state index is -0.523. The first-order valence-electron chi connectivity index (χ1n) is 8.50. The van der Waals surface area contributed by atoms with Gasteiger partial charge >= 0.3 is 0 Å². The minimum Gasteiger partial charge on any atom is -0.368 e. The van der Waals surface area contributed by atoms with Crippen molar-refractivity contribution in [2.45, 2.75) is 45.6 Å². The summed E-state index contributed by atoms with van der Waals surface area (Å²) in [6, 6.07) is 9.52. The van der Waals surface area contributed by atoms with Crippen LogP contribution < -0.4 is 5.73 Å². The number of nitrogens with two attached hydrogens (primary N) is 1. The molecule has 0 aliphatic carbocycles. The van der Waals surface area contributed by atoms with Crippen LogP contribution in [0, 0.1) is 0 Å². The summed E-state index contributed by atoms with van der Waals surface area (Å²) in [5.74, 6) is 0.602. The van der Waals surface area contributed by atoms with E-state index < -0.39 is 5.91 Å². The summed E-state index contributed by atoms with van der Waals surface area (Å²) < 4.78 is 5.16. The maximum atomic E-state index is 12.4. The number of primary amides is 1. The number of rotatable bonds is 10. The van der Waals surface area contributed by atoms with E-state index in [9.17, 15) is 9.59 Å². The van der Waals surface area contributed by atoms with Crippen LogP contribution in [0.4, 0.5) is 0 Å². The van der Waals surface area contributed by atoms with Crippen LogP contribution >= 0.6 is 0 Å². The molecule has 0 radical (unpaired) electrons. The van der Waals surface area contributed by atoms with Crippen LogP contribution in [0.3, 0.4) is 0 Å². The molecule has 7 nitrogen and oxygen atoms in total. The normalized spacial score (nSPS) is 10.6. The van der Waals surface area contributed by atoms with E-state index >= 15 is 0 Å². The third-order valence-electron chi connectivity index (χ3n) is 3.68. The zero-order chi connectivity index (χ0) is 18.1. The first kappa shape index (κ1) is 18.6. The molecule has 0 saturated heterocycles. The largest absolute Gasteiger partial charge is 0.368 e. The Morgan fingerprint density at radius 1 is 1.20 bits per heavy atom. The molecule has 2 aromatic rings. The van der Waals surface area contributed by atoms with Gasteiger partial charge in [0.15, 0.2) is 5.82 Å². The molecule has 0 fully saturated rings. The molecule has 0 saturated carbocycles. The third-order valence-corrected chi connectivity index (χ3v) is 3.68. The van der Waals surface area contributed by atoms with E-state index in [1.807, 2.05) is 30.3 Å².